The average molecular weight is 302 g/mol. The zero-order valence-corrected chi connectivity index (χ0v) is 12.8. The number of nitrogens with one attached hydrogen (secondary N) is 1. The van der Waals surface area contributed by atoms with Crippen molar-refractivity contribution in [3.63, 3.8) is 0 Å². The smallest absolute Gasteiger partial charge is 0.305 e. The van der Waals surface area contributed by atoms with Crippen molar-refractivity contribution in [1.82, 2.24) is 9.97 Å². The Morgan fingerprint density at radius 2 is 2.18 bits per heavy atom. The normalized spacial score (nSPS) is 10.6. The Bertz CT molecular complexity index is 631. The minimum absolute atomic E-state index is 0.121. The van der Waals surface area contributed by atoms with Crippen LogP contribution in [-0.2, 0) is 9.53 Å². The Balaban J connectivity index is 1.80. The van der Waals surface area contributed by atoms with Crippen molar-refractivity contribution in [2.24, 2.45) is 0 Å². The van der Waals surface area contributed by atoms with Gasteiger partial charge in [-0.05, 0) is 31.9 Å². The van der Waals surface area contributed by atoms with E-state index in [4.69, 9.17) is 10.5 Å². The van der Waals surface area contributed by atoms with Crippen LogP contribution in [0.15, 0.2) is 24.5 Å². The predicted molar refractivity (Wildman–Crippen MR) is 87.5 cm³/mol. The van der Waals surface area contributed by atoms with E-state index < -0.39 is 0 Å². The highest BCUT2D eigenvalue weighted by atomic mass is 16.5. The van der Waals surface area contributed by atoms with Crippen LogP contribution < -0.4 is 11.1 Å². The van der Waals surface area contributed by atoms with E-state index in [9.17, 15) is 4.79 Å². The number of hydrogen-bond acceptors (Lipinski definition) is 6. The summed E-state index contributed by atoms with van der Waals surface area (Å²) in [5.74, 6) is -0.121. The molecule has 0 bridgehead atoms. The van der Waals surface area contributed by atoms with Crippen molar-refractivity contribution in [1.29, 1.82) is 0 Å². The van der Waals surface area contributed by atoms with Gasteiger partial charge in [-0.15, -0.1) is 0 Å². The number of aromatic nitrogens is 2. The molecule has 0 saturated carbocycles. The number of unbranched alkanes of at least 4 members (excludes halogenated alkanes) is 2. The monoisotopic (exact) mass is 302 g/mol. The quantitative estimate of drug-likeness (QED) is 0.575. The van der Waals surface area contributed by atoms with Gasteiger partial charge < -0.3 is 15.8 Å². The first-order valence-electron chi connectivity index (χ1n) is 7.61. The highest BCUT2D eigenvalue weighted by molar-refractivity contribution is 5.93. The van der Waals surface area contributed by atoms with E-state index in [1.165, 1.54) is 0 Å². The third-order valence-electron chi connectivity index (χ3n) is 3.32. The molecule has 2 heterocycles. The maximum absolute atomic E-state index is 11.2. The number of hydrogen-bond donors (Lipinski definition) is 2. The molecule has 6 heteroatoms. The topological polar surface area (TPSA) is 90.1 Å². The van der Waals surface area contributed by atoms with E-state index in [1.807, 2.05) is 19.1 Å². The van der Waals surface area contributed by atoms with E-state index in [1.54, 1.807) is 12.4 Å². The van der Waals surface area contributed by atoms with Crippen molar-refractivity contribution >= 4 is 28.4 Å². The number of nitrogen functional groups attached to an aromatic ring is 1. The highest BCUT2D eigenvalue weighted by Crippen LogP contribution is 2.25. The first-order chi connectivity index (χ1) is 10.7. The Morgan fingerprint density at radius 1 is 1.32 bits per heavy atom. The summed E-state index contributed by atoms with van der Waals surface area (Å²) in [7, 11) is 0. The SMILES string of the molecule is CCOC(=O)CCCCCNc1c(N)cnc2cccnc12. The van der Waals surface area contributed by atoms with Crippen molar-refractivity contribution in [3.05, 3.63) is 24.5 Å². The van der Waals surface area contributed by atoms with E-state index >= 15 is 0 Å². The molecular formula is C16H22N4O2. The van der Waals surface area contributed by atoms with Gasteiger partial charge in [0, 0.05) is 19.2 Å². The average Bonchev–Trinajstić information content (AvgIpc) is 2.52. The molecule has 2 aromatic heterocycles. The summed E-state index contributed by atoms with van der Waals surface area (Å²) >= 11 is 0. The largest absolute Gasteiger partial charge is 0.466 e. The van der Waals surface area contributed by atoms with E-state index in [0.717, 1.165) is 42.5 Å². The third-order valence-corrected chi connectivity index (χ3v) is 3.32. The van der Waals surface area contributed by atoms with Crippen LogP contribution in [0, 0.1) is 0 Å². The molecule has 3 N–H and O–H groups in total. The summed E-state index contributed by atoms with van der Waals surface area (Å²) in [6.45, 7) is 3.05. The summed E-state index contributed by atoms with van der Waals surface area (Å²) in [5, 5.41) is 3.33. The van der Waals surface area contributed by atoms with Crippen LogP contribution in [0.2, 0.25) is 0 Å². The molecule has 0 saturated heterocycles. The van der Waals surface area contributed by atoms with Crippen LogP contribution in [0.1, 0.15) is 32.6 Å². The molecule has 0 fully saturated rings. The first kappa shape index (κ1) is 16.0. The number of rotatable bonds is 8. The molecular weight excluding hydrogens is 280 g/mol. The molecule has 0 radical (unpaired) electrons. The van der Waals surface area contributed by atoms with Gasteiger partial charge in [0.25, 0.3) is 0 Å². The Kier molecular flexibility index (Phi) is 5.94. The van der Waals surface area contributed by atoms with Gasteiger partial charge in [0.15, 0.2) is 0 Å². The van der Waals surface area contributed by atoms with Crippen molar-refractivity contribution < 1.29 is 9.53 Å². The molecule has 0 aromatic carbocycles. The summed E-state index contributed by atoms with van der Waals surface area (Å²) in [6.07, 6.45) is 6.61. The number of carbonyl (C=O) groups excluding carboxylic acids is 1. The second-order valence-electron chi connectivity index (χ2n) is 5.00. The van der Waals surface area contributed by atoms with Crippen LogP contribution in [0.5, 0.6) is 0 Å². The maximum atomic E-state index is 11.2. The fourth-order valence-electron chi connectivity index (χ4n) is 2.24. The molecule has 0 amide bonds. The fourth-order valence-corrected chi connectivity index (χ4v) is 2.24. The molecule has 0 aliphatic heterocycles. The van der Waals surface area contributed by atoms with Crippen LogP contribution in [-0.4, -0.2) is 29.1 Å². The molecule has 0 aliphatic carbocycles. The summed E-state index contributed by atoms with van der Waals surface area (Å²) in [6, 6.07) is 3.76. The van der Waals surface area contributed by atoms with Crippen molar-refractivity contribution in [2.75, 3.05) is 24.2 Å². The van der Waals surface area contributed by atoms with Gasteiger partial charge in [-0.2, -0.15) is 0 Å². The molecule has 0 spiro atoms. The van der Waals surface area contributed by atoms with Crippen molar-refractivity contribution in [3.8, 4) is 0 Å². The van der Waals surface area contributed by atoms with E-state index in [0.29, 0.717) is 18.7 Å². The molecule has 0 aliphatic rings. The number of ether oxygens (including phenoxy) is 1. The van der Waals surface area contributed by atoms with Crippen LogP contribution >= 0.6 is 0 Å². The minimum atomic E-state index is -0.121. The second-order valence-corrected chi connectivity index (χ2v) is 5.00. The summed E-state index contributed by atoms with van der Waals surface area (Å²) in [4.78, 5) is 19.8. The van der Waals surface area contributed by atoms with Gasteiger partial charge in [-0.1, -0.05) is 6.42 Å². The molecule has 2 rings (SSSR count). The molecule has 118 valence electrons. The number of nitrogens with zero attached hydrogens (tertiary/aromatic N) is 2. The van der Waals surface area contributed by atoms with Gasteiger partial charge in [-0.25, -0.2) is 0 Å². The molecule has 22 heavy (non-hydrogen) atoms. The maximum Gasteiger partial charge on any atom is 0.305 e. The van der Waals surface area contributed by atoms with E-state index in [2.05, 4.69) is 15.3 Å². The zero-order chi connectivity index (χ0) is 15.8. The van der Waals surface area contributed by atoms with Gasteiger partial charge in [0.2, 0.25) is 0 Å². The Hall–Kier alpha value is -2.37. The first-order valence-corrected chi connectivity index (χ1v) is 7.61. The van der Waals surface area contributed by atoms with Crippen LogP contribution in [0.25, 0.3) is 11.0 Å². The van der Waals surface area contributed by atoms with Crippen LogP contribution in [0.3, 0.4) is 0 Å². The van der Waals surface area contributed by atoms with Crippen LogP contribution in [0.4, 0.5) is 11.4 Å². The van der Waals surface area contributed by atoms with Gasteiger partial charge in [0.1, 0.15) is 5.52 Å². The number of pyridine rings is 2. The summed E-state index contributed by atoms with van der Waals surface area (Å²) in [5.41, 5.74) is 9.01. The number of anilines is 2. The second kappa shape index (κ2) is 8.17. The lowest BCUT2D eigenvalue weighted by Gasteiger charge is -2.11. The highest BCUT2D eigenvalue weighted by Gasteiger charge is 2.07. The lowest BCUT2D eigenvalue weighted by Crippen LogP contribution is -2.07. The predicted octanol–water partition coefficient (Wildman–Crippen LogP) is 2.75. The number of nitrogens with two attached hydrogens (primary N) is 1. The van der Waals surface area contributed by atoms with Crippen molar-refractivity contribution in [2.45, 2.75) is 32.6 Å². The lowest BCUT2D eigenvalue weighted by molar-refractivity contribution is -0.143. The Morgan fingerprint density at radius 3 is 3.00 bits per heavy atom. The number of fused-ring (bicyclic) bond motifs is 1. The van der Waals surface area contributed by atoms with Gasteiger partial charge in [0.05, 0.1) is 29.7 Å². The molecule has 0 unspecified atom stereocenters. The standard InChI is InChI=1S/C16H22N4O2/c1-2-22-14(21)8-4-3-5-9-18-15-12(17)11-20-13-7-6-10-19-16(13)15/h6-7,10-11H,2-5,8-9,17H2,1H3,(H,18,20). The molecule has 6 nitrogen and oxygen atoms in total. The minimum Gasteiger partial charge on any atom is -0.466 e. The third kappa shape index (κ3) is 4.31. The fraction of sp³-hybridized carbons (Fsp3) is 0.438. The lowest BCUT2D eigenvalue weighted by atomic mass is 10.2. The number of carbonyl (C=O) groups is 1. The molecule has 0 atom stereocenters. The van der Waals surface area contributed by atoms with Gasteiger partial charge in [-0.3, -0.25) is 14.8 Å². The van der Waals surface area contributed by atoms with E-state index in [-0.39, 0.29) is 5.97 Å². The number of esters is 1. The zero-order valence-electron chi connectivity index (χ0n) is 12.8. The van der Waals surface area contributed by atoms with Gasteiger partial charge >= 0.3 is 5.97 Å². The molecule has 2 aromatic rings. The Labute approximate surface area is 130 Å². The summed E-state index contributed by atoms with van der Waals surface area (Å²) < 4.78 is 4.90.